The molecular weight excluding hydrogens is 146 g/mol. The smallest absolute Gasteiger partial charge is 0.00683 e. The fraction of sp³-hybridized carbons (Fsp3) is 1.00. The van der Waals surface area contributed by atoms with Crippen molar-refractivity contribution in [3.05, 3.63) is 0 Å². The van der Waals surface area contributed by atoms with Crippen molar-refractivity contribution >= 4 is 0 Å². The molecule has 1 heteroatoms. The third-order valence-electron chi connectivity index (χ3n) is 3.59. The molecule has 2 fully saturated rings. The predicted molar refractivity (Wildman–Crippen MR) is 52.1 cm³/mol. The van der Waals surface area contributed by atoms with Crippen molar-refractivity contribution in [2.75, 3.05) is 6.54 Å². The van der Waals surface area contributed by atoms with Gasteiger partial charge in [-0.2, -0.15) is 0 Å². The van der Waals surface area contributed by atoms with E-state index in [-0.39, 0.29) is 0 Å². The molecule has 0 saturated heterocycles. The third-order valence-corrected chi connectivity index (χ3v) is 3.59. The van der Waals surface area contributed by atoms with Crippen LogP contribution >= 0.6 is 0 Å². The van der Waals surface area contributed by atoms with Crippen molar-refractivity contribution < 1.29 is 0 Å². The zero-order valence-corrected chi connectivity index (χ0v) is 8.18. The number of nitrogens with one attached hydrogen (secondary N) is 1. The summed E-state index contributed by atoms with van der Waals surface area (Å²) in [5.41, 5.74) is 0. The SMILES string of the molecule is CCC1CCCC1CNC1CC1. The van der Waals surface area contributed by atoms with Gasteiger partial charge in [-0.15, -0.1) is 0 Å². The zero-order valence-electron chi connectivity index (χ0n) is 8.18. The molecule has 0 amide bonds. The van der Waals surface area contributed by atoms with Gasteiger partial charge in [0.2, 0.25) is 0 Å². The minimum Gasteiger partial charge on any atom is -0.314 e. The summed E-state index contributed by atoms with van der Waals surface area (Å²) in [4.78, 5) is 0. The normalized spacial score (nSPS) is 35.8. The standard InChI is InChI=1S/C11H21N/c1-2-9-4-3-5-10(9)8-12-11-6-7-11/h9-12H,2-8H2,1H3. The Hall–Kier alpha value is -0.0400. The maximum absolute atomic E-state index is 3.66. The van der Waals surface area contributed by atoms with E-state index in [1.165, 1.54) is 45.1 Å². The van der Waals surface area contributed by atoms with Gasteiger partial charge in [-0.25, -0.2) is 0 Å². The molecule has 0 aromatic carbocycles. The zero-order chi connectivity index (χ0) is 8.39. The van der Waals surface area contributed by atoms with E-state index in [2.05, 4.69) is 12.2 Å². The molecule has 2 aliphatic carbocycles. The van der Waals surface area contributed by atoms with E-state index in [1.54, 1.807) is 0 Å². The van der Waals surface area contributed by atoms with Crippen LogP contribution in [0.15, 0.2) is 0 Å². The van der Waals surface area contributed by atoms with Gasteiger partial charge in [0.15, 0.2) is 0 Å². The van der Waals surface area contributed by atoms with Crippen molar-refractivity contribution in [3.8, 4) is 0 Å². The average Bonchev–Trinajstić information content (AvgIpc) is 2.81. The first-order chi connectivity index (χ1) is 5.90. The Labute approximate surface area is 75.9 Å². The van der Waals surface area contributed by atoms with Gasteiger partial charge in [0.05, 0.1) is 0 Å². The maximum atomic E-state index is 3.66. The van der Waals surface area contributed by atoms with Crippen LogP contribution < -0.4 is 5.32 Å². The van der Waals surface area contributed by atoms with E-state index < -0.39 is 0 Å². The molecule has 0 heterocycles. The maximum Gasteiger partial charge on any atom is 0.00683 e. The molecule has 2 atom stereocenters. The van der Waals surface area contributed by atoms with Crippen molar-refractivity contribution in [1.82, 2.24) is 5.32 Å². The van der Waals surface area contributed by atoms with Crippen molar-refractivity contribution in [1.29, 1.82) is 0 Å². The van der Waals surface area contributed by atoms with Crippen molar-refractivity contribution in [2.24, 2.45) is 11.8 Å². The second kappa shape index (κ2) is 3.78. The van der Waals surface area contributed by atoms with Crippen LogP contribution in [0.25, 0.3) is 0 Å². The fourth-order valence-corrected chi connectivity index (χ4v) is 2.53. The second-order valence-corrected chi connectivity index (χ2v) is 4.54. The summed E-state index contributed by atoms with van der Waals surface area (Å²) in [6.45, 7) is 3.66. The van der Waals surface area contributed by atoms with E-state index >= 15 is 0 Å². The molecule has 2 rings (SSSR count). The van der Waals surface area contributed by atoms with Gasteiger partial charge in [-0.3, -0.25) is 0 Å². The van der Waals surface area contributed by atoms with Crippen molar-refractivity contribution in [3.63, 3.8) is 0 Å². The Balaban J connectivity index is 1.69. The molecule has 70 valence electrons. The third kappa shape index (κ3) is 2.01. The lowest BCUT2D eigenvalue weighted by molar-refractivity contribution is 0.357. The Morgan fingerprint density at radius 1 is 1.08 bits per heavy atom. The molecule has 1 nitrogen and oxygen atoms in total. The molecule has 0 aromatic rings. The molecule has 2 aliphatic rings. The van der Waals surface area contributed by atoms with Gasteiger partial charge >= 0.3 is 0 Å². The highest BCUT2D eigenvalue weighted by molar-refractivity contribution is 4.85. The lowest BCUT2D eigenvalue weighted by atomic mass is 9.94. The van der Waals surface area contributed by atoms with Crippen molar-refractivity contribution in [2.45, 2.75) is 51.5 Å². The van der Waals surface area contributed by atoms with Gasteiger partial charge in [0.25, 0.3) is 0 Å². The molecule has 0 bridgehead atoms. The first kappa shape index (κ1) is 8.55. The van der Waals surface area contributed by atoms with Gasteiger partial charge < -0.3 is 5.32 Å². The van der Waals surface area contributed by atoms with Gasteiger partial charge in [0, 0.05) is 6.04 Å². The first-order valence-corrected chi connectivity index (χ1v) is 5.63. The van der Waals surface area contributed by atoms with E-state index in [0.717, 1.165) is 17.9 Å². The molecule has 0 aliphatic heterocycles. The quantitative estimate of drug-likeness (QED) is 0.678. The van der Waals surface area contributed by atoms with E-state index in [1.807, 2.05) is 0 Å². The average molecular weight is 167 g/mol. The summed E-state index contributed by atoms with van der Waals surface area (Å²) in [6.07, 6.45) is 8.73. The molecule has 0 aromatic heterocycles. The Kier molecular flexibility index (Phi) is 2.69. The lowest BCUT2D eigenvalue weighted by Crippen LogP contribution is -2.26. The molecular formula is C11H21N. The van der Waals surface area contributed by atoms with E-state index in [0.29, 0.717) is 0 Å². The summed E-state index contributed by atoms with van der Waals surface area (Å²) in [5, 5.41) is 3.66. The monoisotopic (exact) mass is 167 g/mol. The first-order valence-electron chi connectivity index (χ1n) is 5.63. The van der Waals surface area contributed by atoms with Crippen LogP contribution in [0.4, 0.5) is 0 Å². The Morgan fingerprint density at radius 2 is 1.83 bits per heavy atom. The molecule has 1 N–H and O–H groups in total. The highest BCUT2D eigenvalue weighted by atomic mass is 14.9. The van der Waals surface area contributed by atoms with E-state index in [4.69, 9.17) is 0 Å². The summed E-state index contributed by atoms with van der Waals surface area (Å²) in [7, 11) is 0. The van der Waals surface area contributed by atoms with Crippen LogP contribution in [0.5, 0.6) is 0 Å². The van der Waals surface area contributed by atoms with Crippen LogP contribution in [-0.2, 0) is 0 Å². The summed E-state index contributed by atoms with van der Waals surface area (Å²) >= 11 is 0. The summed E-state index contributed by atoms with van der Waals surface area (Å²) < 4.78 is 0. The Bertz CT molecular complexity index is 140. The molecule has 0 radical (unpaired) electrons. The van der Waals surface area contributed by atoms with Crippen LogP contribution in [0.3, 0.4) is 0 Å². The lowest BCUT2D eigenvalue weighted by Gasteiger charge is -2.18. The molecule has 0 spiro atoms. The van der Waals surface area contributed by atoms with Crippen LogP contribution in [0.1, 0.15) is 45.4 Å². The van der Waals surface area contributed by atoms with Crippen LogP contribution in [0.2, 0.25) is 0 Å². The molecule has 2 saturated carbocycles. The predicted octanol–water partition coefficient (Wildman–Crippen LogP) is 2.56. The van der Waals surface area contributed by atoms with Gasteiger partial charge in [-0.05, 0) is 37.6 Å². The fourth-order valence-electron chi connectivity index (χ4n) is 2.53. The largest absolute Gasteiger partial charge is 0.314 e. The minimum atomic E-state index is 0.906. The number of hydrogen-bond acceptors (Lipinski definition) is 1. The second-order valence-electron chi connectivity index (χ2n) is 4.54. The van der Waals surface area contributed by atoms with Gasteiger partial charge in [0.1, 0.15) is 0 Å². The van der Waals surface area contributed by atoms with E-state index in [9.17, 15) is 0 Å². The topological polar surface area (TPSA) is 12.0 Å². The summed E-state index contributed by atoms with van der Waals surface area (Å²) in [6, 6.07) is 0.906. The highest BCUT2D eigenvalue weighted by Crippen LogP contribution is 2.34. The molecule has 2 unspecified atom stereocenters. The highest BCUT2D eigenvalue weighted by Gasteiger charge is 2.28. The summed E-state index contributed by atoms with van der Waals surface area (Å²) in [5.74, 6) is 2.05. The Morgan fingerprint density at radius 3 is 2.50 bits per heavy atom. The van der Waals surface area contributed by atoms with Crippen LogP contribution in [-0.4, -0.2) is 12.6 Å². The number of rotatable bonds is 4. The van der Waals surface area contributed by atoms with Gasteiger partial charge in [-0.1, -0.05) is 26.2 Å². The van der Waals surface area contributed by atoms with Crippen LogP contribution in [0, 0.1) is 11.8 Å². The number of hydrogen-bond donors (Lipinski definition) is 1. The molecule has 12 heavy (non-hydrogen) atoms. The minimum absolute atomic E-state index is 0.906.